The topological polar surface area (TPSA) is 84.9 Å². The maximum absolute atomic E-state index is 13.7. The number of halogens is 1. The van der Waals surface area contributed by atoms with Crippen LogP contribution in [0.15, 0.2) is 88.9 Å². The van der Waals surface area contributed by atoms with Gasteiger partial charge in [0.2, 0.25) is 0 Å². The Labute approximate surface area is 282 Å². The molecule has 0 aromatic heterocycles. The first-order valence-electron chi connectivity index (χ1n) is 16.3. The predicted molar refractivity (Wildman–Crippen MR) is 184 cm³/mol. The Morgan fingerprint density at radius 1 is 0.851 bits per heavy atom. The fourth-order valence-corrected chi connectivity index (χ4v) is 9.34. The van der Waals surface area contributed by atoms with Crippen LogP contribution in [0.4, 0.5) is 10.5 Å². The van der Waals surface area contributed by atoms with Gasteiger partial charge in [0.25, 0.3) is 11.8 Å². The third kappa shape index (κ3) is 5.42. The zero-order valence-electron chi connectivity index (χ0n) is 26.1. The van der Waals surface area contributed by atoms with Crippen molar-refractivity contribution in [2.45, 2.75) is 50.5 Å². The van der Waals surface area contributed by atoms with E-state index in [2.05, 4.69) is 57.6 Å². The predicted octanol–water partition coefficient (Wildman–Crippen LogP) is 8.32. The number of methoxy groups -OCH3 is 1. The molecule has 4 amide bonds. The van der Waals surface area contributed by atoms with Gasteiger partial charge < -0.3 is 9.47 Å². The molecule has 238 valence electrons. The number of rotatable bonds is 7. The molecule has 0 spiro atoms. The Kier molecular flexibility index (Phi) is 7.43. The summed E-state index contributed by atoms with van der Waals surface area (Å²) in [6.07, 6.45) is 9.27. The quantitative estimate of drug-likeness (QED) is 0.156. The largest absolute Gasteiger partial charge is 0.493 e. The van der Waals surface area contributed by atoms with Gasteiger partial charge in [0, 0.05) is 4.47 Å². The summed E-state index contributed by atoms with van der Waals surface area (Å²) in [4.78, 5) is 40.8. The third-order valence-electron chi connectivity index (χ3n) is 10.7. The Morgan fingerprint density at radius 2 is 1.53 bits per heavy atom. The molecule has 1 N–H and O–H groups in total. The average Bonchev–Trinajstić information content (AvgIpc) is 3.06. The lowest BCUT2D eigenvalue weighted by Crippen LogP contribution is -2.54. The molecule has 4 aromatic carbocycles. The van der Waals surface area contributed by atoms with E-state index in [9.17, 15) is 14.4 Å². The molecule has 4 aliphatic carbocycles. The SMILES string of the molecule is COc1cc(/C=C2\C(=O)NC(=O)N(c3ccc(C45CC6CC(CC(C6)C4)C5)cc3)C2=O)c(Br)cc1OCc1ccc2ccccc2c1. The van der Waals surface area contributed by atoms with Crippen LogP contribution in [0.5, 0.6) is 11.5 Å². The first-order valence-corrected chi connectivity index (χ1v) is 17.1. The number of carbonyl (C=O) groups excluding carboxylic acids is 3. The van der Waals surface area contributed by atoms with E-state index in [-0.39, 0.29) is 11.0 Å². The molecule has 1 heterocycles. The van der Waals surface area contributed by atoms with Crippen molar-refractivity contribution in [2.75, 3.05) is 12.0 Å². The maximum Gasteiger partial charge on any atom is 0.335 e. The molecule has 5 aliphatic rings. The second-order valence-electron chi connectivity index (χ2n) is 13.7. The van der Waals surface area contributed by atoms with E-state index in [1.165, 1.54) is 57.3 Å². The van der Waals surface area contributed by atoms with E-state index in [0.717, 1.165) is 39.0 Å². The molecule has 8 heteroatoms. The van der Waals surface area contributed by atoms with Gasteiger partial charge in [-0.15, -0.1) is 0 Å². The summed E-state index contributed by atoms with van der Waals surface area (Å²) in [6.45, 7) is 0.327. The first-order chi connectivity index (χ1) is 22.8. The lowest BCUT2D eigenvalue weighted by atomic mass is 9.48. The van der Waals surface area contributed by atoms with Gasteiger partial charge in [-0.1, -0.05) is 64.5 Å². The van der Waals surface area contributed by atoms with E-state index < -0.39 is 17.8 Å². The second-order valence-corrected chi connectivity index (χ2v) is 14.6. The van der Waals surface area contributed by atoms with Crippen molar-refractivity contribution < 1.29 is 23.9 Å². The number of fused-ring (bicyclic) bond motifs is 1. The van der Waals surface area contributed by atoms with Crippen molar-refractivity contribution in [3.63, 3.8) is 0 Å². The number of amides is 4. The molecule has 7 nitrogen and oxygen atoms in total. The average molecular weight is 692 g/mol. The molecule has 9 rings (SSSR count). The van der Waals surface area contributed by atoms with Gasteiger partial charge in [-0.3, -0.25) is 14.9 Å². The number of ether oxygens (including phenoxy) is 2. The Morgan fingerprint density at radius 3 is 2.21 bits per heavy atom. The van der Waals surface area contributed by atoms with Crippen LogP contribution in [0.2, 0.25) is 0 Å². The van der Waals surface area contributed by atoms with Crippen molar-refractivity contribution in [1.29, 1.82) is 0 Å². The van der Waals surface area contributed by atoms with Gasteiger partial charge in [-0.05, 0) is 126 Å². The molecule has 5 fully saturated rings. The molecule has 0 unspecified atom stereocenters. The van der Waals surface area contributed by atoms with Crippen LogP contribution in [0, 0.1) is 17.8 Å². The molecule has 4 aromatic rings. The number of nitrogens with one attached hydrogen (secondary N) is 1. The van der Waals surface area contributed by atoms with Crippen LogP contribution in [-0.2, 0) is 21.6 Å². The third-order valence-corrected chi connectivity index (χ3v) is 11.4. The summed E-state index contributed by atoms with van der Waals surface area (Å²) in [7, 11) is 1.54. The van der Waals surface area contributed by atoms with E-state index in [4.69, 9.17) is 9.47 Å². The molecule has 4 saturated carbocycles. The molecule has 4 bridgehead atoms. The summed E-state index contributed by atoms with van der Waals surface area (Å²) in [5, 5.41) is 4.64. The van der Waals surface area contributed by atoms with Gasteiger partial charge in [0.1, 0.15) is 12.2 Å². The summed E-state index contributed by atoms with van der Waals surface area (Å²) in [5.74, 6) is 1.97. The first kappa shape index (κ1) is 29.9. The molecular weight excluding hydrogens is 656 g/mol. The van der Waals surface area contributed by atoms with Crippen LogP contribution in [0.25, 0.3) is 16.8 Å². The van der Waals surface area contributed by atoms with Crippen molar-refractivity contribution >= 4 is 56.3 Å². The minimum Gasteiger partial charge on any atom is -0.493 e. The van der Waals surface area contributed by atoms with Crippen LogP contribution in [-0.4, -0.2) is 25.0 Å². The summed E-state index contributed by atoms with van der Waals surface area (Å²) in [5.41, 5.74) is 3.34. The van der Waals surface area contributed by atoms with Crippen LogP contribution >= 0.6 is 15.9 Å². The summed E-state index contributed by atoms with van der Waals surface area (Å²) in [6, 6.07) is 24.9. The zero-order chi connectivity index (χ0) is 32.3. The van der Waals surface area contributed by atoms with Gasteiger partial charge in [0.15, 0.2) is 11.5 Å². The highest BCUT2D eigenvalue weighted by Crippen LogP contribution is 2.60. The van der Waals surface area contributed by atoms with E-state index in [1.54, 1.807) is 12.1 Å². The summed E-state index contributed by atoms with van der Waals surface area (Å²) < 4.78 is 12.4. The Balaban J connectivity index is 1.03. The highest BCUT2D eigenvalue weighted by Gasteiger charge is 2.51. The minimum absolute atomic E-state index is 0.151. The number of nitrogens with zero attached hydrogens (tertiary/aromatic N) is 1. The number of hydrogen-bond donors (Lipinski definition) is 1. The number of hydrogen-bond acceptors (Lipinski definition) is 5. The Hall–Kier alpha value is -4.43. The highest BCUT2D eigenvalue weighted by molar-refractivity contribution is 9.10. The number of imide groups is 2. The van der Waals surface area contributed by atoms with Gasteiger partial charge >= 0.3 is 6.03 Å². The van der Waals surface area contributed by atoms with Crippen LogP contribution < -0.4 is 19.7 Å². The van der Waals surface area contributed by atoms with E-state index in [0.29, 0.717) is 33.8 Å². The number of urea groups is 1. The van der Waals surface area contributed by atoms with Crippen molar-refractivity contribution in [2.24, 2.45) is 17.8 Å². The molecule has 1 aliphatic heterocycles. The molecule has 1 saturated heterocycles. The highest BCUT2D eigenvalue weighted by atomic mass is 79.9. The standard InChI is InChI=1S/C39H35BrN2O5/c1-46-34-17-29(33(40)18-35(34)47-22-23-6-7-27-4-2-3-5-28(27)15-23)16-32-36(43)41-38(45)42(37(32)44)31-10-8-30(9-11-31)39-19-24-12-25(20-39)14-26(13-24)21-39/h2-11,15-18,24-26H,12-14,19-22H2,1H3,(H,41,43,45)/b32-16+. The molecule has 47 heavy (non-hydrogen) atoms. The number of barbiturate groups is 1. The molecule has 0 radical (unpaired) electrons. The van der Waals surface area contributed by atoms with Crippen LogP contribution in [0.3, 0.4) is 0 Å². The fourth-order valence-electron chi connectivity index (χ4n) is 8.90. The number of anilines is 1. The van der Waals surface area contributed by atoms with E-state index >= 15 is 0 Å². The van der Waals surface area contributed by atoms with Crippen LogP contribution in [0.1, 0.15) is 55.2 Å². The Bertz CT molecular complexity index is 1930. The number of benzene rings is 4. The van der Waals surface area contributed by atoms with Gasteiger partial charge in [-0.25, -0.2) is 9.69 Å². The zero-order valence-corrected chi connectivity index (χ0v) is 27.7. The second kappa shape index (κ2) is 11.7. The lowest BCUT2D eigenvalue weighted by Gasteiger charge is -2.57. The fraction of sp³-hybridized carbons (Fsp3) is 0.308. The smallest absolute Gasteiger partial charge is 0.335 e. The monoisotopic (exact) mass is 690 g/mol. The summed E-state index contributed by atoms with van der Waals surface area (Å²) >= 11 is 3.58. The minimum atomic E-state index is -0.756. The van der Waals surface area contributed by atoms with Gasteiger partial charge in [0.05, 0.1) is 12.8 Å². The lowest BCUT2D eigenvalue weighted by molar-refractivity contribution is -0.122. The van der Waals surface area contributed by atoms with E-state index in [1.807, 2.05) is 30.3 Å². The van der Waals surface area contributed by atoms with Crippen molar-refractivity contribution in [1.82, 2.24) is 5.32 Å². The number of carbonyl (C=O) groups is 3. The molecule has 0 atom stereocenters. The maximum atomic E-state index is 13.7. The van der Waals surface area contributed by atoms with Crippen molar-refractivity contribution in [3.8, 4) is 11.5 Å². The van der Waals surface area contributed by atoms with Crippen molar-refractivity contribution in [3.05, 3.63) is 106 Å². The van der Waals surface area contributed by atoms with Gasteiger partial charge in [-0.2, -0.15) is 0 Å². The molecular formula is C39H35BrN2O5. The normalized spacial score (nSPS) is 25.8.